The van der Waals surface area contributed by atoms with E-state index in [1.54, 1.807) is 6.07 Å². The topological polar surface area (TPSA) is 47.0 Å². The molecular formula is C16H15F3IN3O. The van der Waals surface area contributed by atoms with Crippen LogP contribution >= 0.6 is 22.6 Å². The van der Waals surface area contributed by atoms with Gasteiger partial charge < -0.3 is 10.1 Å². The van der Waals surface area contributed by atoms with Crippen LogP contribution in [0.5, 0.6) is 5.88 Å². The van der Waals surface area contributed by atoms with Crippen molar-refractivity contribution in [2.24, 2.45) is 0 Å². The molecule has 1 aromatic heterocycles. The Hall–Kier alpha value is -1.58. The first kappa shape index (κ1) is 17.2. The van der Waals surface area contributed by atoms with Crippen molar-refractivity contribution >= 4 is 34.2 Å². The lowest BCUT2D eigenvalue weighted by atomic mass is 10.3. The quantitative estimate of drug-likeness (QED) is 0.655. The van der Waals surface area contributed by atoms with Crippen molar-refractivity contribution in [2.45, 2.75) is 38.0 Å². The third kappa shape index (κ3) is 4.08. The Labute approximate surface area is 151 Å². The van der Waals surface area contributed by atoms with Crippen LogP contribution in [0.2, 0.25) is 0 Å². The second kappa shape index (κ2) is 7.12. The molecule has 4 nitrogen and oxygen atoms in total. The van der Waals surface area contributed by atoms with E-state index < -0.39 is 17.6 Å². The second-order valence-electron chi connectivity index (χ2n) is 5.54. The highest BCUT2D eigenvalue weighted by molar-refractivity contribution is 14.1. The second-order valence-corrected chi connectivity index (χ2v) is 6.70. The van der Waals surface area contributed by atoms with E-state index in [-0.39, 0.29) is 12.1 Å². The molecule has 1 aromatic carbocycles. The Kier molecular flexibility index (Phi) is 5.12. The molecule has 1 fully saturated rings. The first-order valence-corrected chi connectivity index (χ1v) is 8.64. The van der Waals surface area contributed by atoms with E-state index >= 15 is 0 Å². The summed E-state index contributed by atoms with van der Waals surface area (Å²) in [5, 5.41) is 2.94. The molecule has 0 spiro atoms. The predicted octanol–water partition coefficient (Wildman–Crippen LogP) is 5.17. The van der Waals surface area contributed by atoms with Crippen molar-refractivity contribution in [3.8, 4) is 5.88 Å². The van der Waals surface area contributed by atoms with Crippen LogP contribution in [0.3, 0.4) is 0 Å². The zero-order valence-corrected chi connectivity index (χ0v) is 14.8. The number of anilines is 2. The van der Waals surface area contributed by atoms with Gasteiger partial charge in [-0.15, -0.1) is 0 Å². The molecule has 0 amide bonds. The van der Waals surface area contributed by atoms with Gasteiger partial charge in [-0.1, -0.05) is 12.1 Å². The van der Waals surface area contributed by atoms with Crippen molar-refractivity contribution in [1.29, 1.82) is 0 Å². The molecule has 0 unspecified atom stereocenters. The normalized spacial score (nSPS) is 15.5. The monoisotopic (exact) mass is 449 g/mol. The maximum atomic E-state index is 13.2. The van der Waals surface area contributed by atoms with Gasteiger partial charge in [0.15, 0.2) is 0 Å². The number of alkyl halides is 3. The molecule has 0 saturated heterocycles. The summed E-state index contributed by atoms with van der Waals surface area (Å²) < 4.78 is 45.9. The highest BCUT2D eigenvalue weighted by Gasteiger charge is 2.37. The molecule has 1 aliphatic carbocycles. The average molecular weight is 449 g/mol. The van der Waals surface area contributed by atoms with Gasteiger partial charge in [0, 0.05) is 9.77 Å². The van der Waals surface area contributed by atoms with Gasteiger partial charge in [-0.05, 0) is 60.4 Å². The number of aromatic nitrogens is 2. The largest absolute Gasteiger partial charge is 0.474 e. The summed E-state index contributed by atoms with van der Waals surface area (Å²) in [7, 11) is 0. The van der Waals surface area contributed by atoms with E-state index in [9.17, 15) is 13.2 Å². The summed E-state index contributed by atoms with van der Waals surface area (Å²) in [5.74, 6) is -0.321. The molecule has 1 saturated carbocycles. The fraction of sp³-hybridized carbons (Fsp3) is 0.375. The van der Waals surface area contributed by atoms with E-state index in [0.717, 1.165) is 41.1 Å². The summed E-state index contributed by atoms with van der Waals surface area (Å²) in [6, 6.07) is 7.38. The highest BCUT2D eigenvalue weighted by Crippen LogP contribution is 2.37. The molecule has 0 bridgehead atoms. The van der Waals surface area contributed by atoms with Gasteiger partial charge in [-0.2, -0.15) is 18.2 Å². The van der Waals surface area contributed by atoms with Crippen LogP contribution in [0.15, 0.2) is 30.5 Å². The number of hydrogen-bond acceptors (Lipinski definition) is 4. The molecule has 1 N–H and O–H groups in total. The van der Waals surface area contributed by atoms with Gasteiger partial charge >= 0.3 is 6.18 Å². The number of nitrogens with zero attached hydrogens (tertiary/aromatic N) is 2. The van der Waals surface area contributed by atoms with Crippen LogP contribution in [-0.4, -0.2) is 16.1 Å². The SMILES string of the molecule is FC(F)(F)c1cnc(Nc2ccccc2I)nc1OC1CCCC1. The Morgan fingerprint density at radius 3 is 2.54 bits per heavy atom. The van der Waals surface area contributed by atoms with Gasteiger partial charge in [0.2, 0.25) is 11.8 Å². The minimum Gasteiger partial charge on any atom is -0.474 e. The standard InChI is InChI=1S/C16H15F3IN3O/c17-16(18,19)11-9-21-15(22-13-8-4-3-7-12(13)20)23-14(11)24-10-5-1-2-6-10/h3-4,7-10H,1-2,5-6H2,(H,21,22,23). The number of ether oxygens (including phenoxy) is 1. The fourth-order valence-corrected chi connectivity index (χ4v) is 3.08. The zero-order valence-electron chi connectivity index (χ0n) is 12.6. The average Bonchev–Trinajstić information content (AvgIpc) is 3.02. The van der Waals surface area contributed by atoms with Crippen molar-refractivity contribution in [3.63, 3.8) is 0 Å². The van der Waals surface area contributed by atoms with Crippen LogP contribution in [0.1, 0.15) is 31.2 Å². The summed E-state index contributed by atoms with van der Waals surface area (Å²) in [6.07, 6.45) is -0.565. The molecular weight excluding hydrogens is 434 g/mol. The number of hydrogen-bond donors (Lipinski definition) is 1. The zero-order chi connectivity index (χ0) is 17.2. The lowest BCUT2D eigenvalue weighted by molar-refractivity contribution is -0.139. The van der Waals surface area contributed by atoms with E-state index in [2.05, 4.69) is 37.9 Å². The minimum absolute atomic E-state index is 0.0834. The number of halogens is 4. The highest BCUT2D eigenvalue weighted by atomic mass is 127. The first-order chi connectivity index (χ1) is 11.4. The van der Waals surface area contributed by atoms with Crippen LogP contribution in [0.4, 0.5) is 24.8 Å². The fourth-order valence-electron chi connectivity index (χ4n) is 2.56. The van der Waals surface area contributed by atoms with E-state index in [1.807, 2.05) is 18.2 Å². The van der Waals surface area contributed by atoms with Gasteiger partial charge in [0.1, 0.15) is 11.7 Å². The number of benzene rings is 1. The Morgan fingerprint density at radius 1 is 1.17 bits per heavy atom. The maximum absolute atomic E-state index is 13.2. The number of para-hydroxylation sites is 1. The molecule has 3 rings (SSSR count). The maximum Gasteiger partial charge on any atom is 0.423 e. The van der Waals surface area contributed by atoms with E-state index in [4.69, 9.17) is 4.74 Å². The molecule has 24 heavy (non-hydrogen) atoms. The van der Waals surface area contributed by atoms with E-state index in [0.29, 0.717) is 0 Å². The molecule has 0 radical (unpaired) electrons. The van der Waals surface area contributed by atoms with Gasteiger partial charge in [-0.3, -0.25) is 0 Å². The molecule has 1 heterocycles. The predicted molar refractivity (Wildman–Crippen MR) is 92.4 cm³/mol. The smallest absolute Gasteiger partial charge is 0.423 e. The molecule has 1 aliphatic rings. The van der Waals surface area contributed by atoms with Crippen LogP contribution in [-0.2, 0) is 6.18 Å². The molecule has 0 atom stereocenters. The third-order valence-corrected chi connectivity index (χ3v) is 4.70. The Morgan fingerprint density at radius 2 is 1.88 bits per heavy atom. The summed E-state index contributed by atoms with van der Waals surface area (Å²) >= 11 is 2.13. The number of nitrogens with one attached hydrogen (secondary N) is 1. The van der Waals surface area contributed by atoms with Crippen LogP contribution in [0.25, 0.3) is 0 Å². The molecule has 0 aliphatic heterocycles. The van der Waals surface area contributed by atoms with Crippen LogP contribution in [0, 0.1) is 3.57 Å². The summed E-state index contributed by atoms with van der Waals surface area (Å²) in [5.41, 5.74) is -0.215. The Balaban J connectivity index is 1.89. The van der Waals surface area contributed by atoms with Gasteiger partial charge in [0.25, 0.3) is 0 Å². The van der Waals surface area contributed by atoms with E-state index in [1.165, 1.54) is 0 Å². The first-order valence-electron chi connectivity index (χ1n) is 7.56. The lowest BCUT2D eigenvalue weighted by Crippen LogP contribution is -2.18. The minimum atomic E-state index is -4.55. The van der Waals surface area contributed by atoms with Gasteiger partial charge in [-0.25, -0.2) is 4.98 Å². The van der Waals surface area contributed by atoms with Gasteiger partial charge in [0.05, 0.1) is 5.69 Å². The molecule has 2 aromatic rings. The number of rotatable bonds is 4. The van der Waals surface area contributed by atoms with Crippen LogP contribution < -0.4 is 10.1 Å². The van der Waals surface area contributed by atoms with Crippen molar-refractivity contribution in [1.82, 2.24) is 9.97 Å². The third-order valence-electron chi connectivity index (χ3n) is 3.76. The lowest BCUT2D eigenvalue weighted by Gasteiger charge is -2.17. The Bertz CT molecular complexity index is 718. The summed E-state index contributed by atoms with van der Waals surface area (Å²) in [6.45, 7) is 0. The van der Waals surface area contributed by atoms with Crippen molar-refractivity contribution in [3.05, 3.63) is 39.6 Å². The van der Waals surface area contributed by atoms with Crippen molar-refractivity contribution < 1.29 is 17.9 Å². The molecule has 128 valence electrons. The summed E-state index contributed by atoms with van der Waals surface area (Å²) in [4.78, 5) is 7.76. The molecule has 8 heteroatoms. The van der Waals surface area contributed by atoms with Crippen molar-refractivity contribution in [2.75, 3.05) is 5.32 Å².